The molecule has 3 heteroatoms. The summed E-state index contributed by atoms with van der Waals surface area (Å²) in [5, 5.41) is 10.4. The lowest BCUT2D eigenvalue weighted by atomic mass is 9.61. The quantitative estimate of drug-likeness (QED) is 0.296. The van der Waals surface area contributed by atoms with Crippen LogP contribution in [-0.4, -0.2) is 11.4 Å². The average Bonchev–Trinajstić information content (AvgIpc) is 2.79. The lowest BCUT2D eigenvalue weighted by Crippen LogP contribution is -2.39. The van der Waals surface area contributed by atoms with E-state index in [-0.39, 0.29) is 5.41 Å². The maximum atomic E-state index is 10.4. The molecule has 0 bridgehead atoms. The van der Waals surface area contributed by atoms with Crippen molar-refractivity contribution in [2.75, 3.05) is 6.54 Å². The second kappa shape index (κ2) is 10.9. The van der Waals surface area contributed by atoms with Gasteiger partial charge in [0.2, 0.25) is 0 Å². The van der Waals surface area contributed by atoms with Crippen molar-refractivity contribution in [3.63, 3.8) is 0 Å². The zero-order valence-electron chi connectivity index (χ0n) is 18.6. The highest BCUT2D eigenvalue weighted by Gasteiger charge is 2.43. The minimum absolute atomic E-state index is 0.371. The zero-order chi connectivity index (χ0) is 22.2. The van der Waals surface area contributed by atoms with Crippen molar-refractivity contribution in [3.8, 4) is 6.07 Å². The Labute approximate surface area is 201 Å². The SMILES string of the molecule is N#CC(CCCN(Cc1ccccc1)Cc1ccccc1)(c1ccc(Br)cc1)C1CCC1. The standard InChI is InChI=1S/C29H31BrN2/c30-28-17-15-27(16-18-28)29(23-31,26-13-7-14-26)19-8-20-32(21-24-9-3-1-4-10-24)22-25-11-5-2-6-12-25/h1-6,9-12,15-18,26H,7-8,13-14,19-22H2. The number of hydrogen-bond donors (Lipinski definition) is 0. The predicted molar refractivity (Wildman–Crippen MR) is 135 cm³/mol. The molecule has 0 saturated heterocycles. The van der Waals surface area contributed by atoms with E-state index in [4.69, 9.17) is 0 Å². The maximum absolute atomic E-state index is 10.4. The molecular formula is C29H31BrN2. The predicted octanol–water partition coefficient (Wildman–Crippen LogP) is 7.49. The van der Waals surface area contributed by atoms with Gasteiger partial charge in [0.05, 0.1) is 11.5 Å². The van der Waals surface area contributed by atoms with Gasteiger partial charge in [0.1, 0.15) is 0 Å². The molecule has 1 unspecified atom stereocenters. The van der Waals surface area contributed by atoms with Crippen LogP contribution in [0.4, 0.5) is 0 Å². The highest BCUT2D eigenvalue weighted by atomic mass is 79.9. The highest BCUT2D eigenvalue weighted by Crippen LogP contribution is 2.47. The Bertz CT molecular complexity index is 965. The molecule has 1 aliphatic rings. The first-order valence-corrected chi connectivity index (χ1v) is 12.5. The molecule has 164 valence electrons. The van der Waals surface area contributed by atoms with Crippen molar-refractivity contribution in [1.82, 2.24) is 4.90 Å². The van der Waals surface area contributed by atoms with Crippen LogP contribution in [0, 0.1) is 17.2 Å². The molecule has 0 aliphatic heterocycles. The van der Waals surface area contributed by atoms with Crippen molar-refractivity contribution in [3.05, 3.63) is 106 Å². The Hall–Kier alpha value is -2.41. The third-order valence-electron chi connectivity index (χ3n) is 6.90. The molecule has 0 spiro atoms. The molecule has 2 nitrogen and oxygen atoms in total. The normalized spacial score (nSPS) is 15.7. The fourth-order valence-electron chi connectivity index (χ4n) is 4.92. The first kappa shape index (κ1) is 22.8. The molecule has 0 N–H and O–H groups in total. The van der Waals surface area contributed by atoms with Gasteiger partial charge < -0.3 is 0 Å². The van der Waals surface area contributed by atoms with Crippen LogP contribution in [0.25, 0.3) is 0 Å². The van der Waals surface area contributed by atoms with Gasteiger partial charge in [0, 0.05) is 17.6 Å². The van der Waals surface area contributed by atoms with Gasteiger partial charge in [-0.3, -0.25) is 4.90 Å². The minimum Gasteiger partial charge on any atom is -0.295 e. The van der Waals surface area contributed by atoms with Crippen molar-refractivity contribution >= 4 is 15.9 Å². The Balaban J connectivity index is 1.49. The number of hydrogen-bond acceptors (Lipinski definition) is 2. The minimum atomic E-state index is -0.371. The van der Waals surface area contributed by atoms with Gasteiger partial charge in [-0.15, -0.1) is 0 Å². The van der Waals surface area contributed by atoms with Crippen molar-refractivity contribution < 1.29 is 0 Å². The van der Waals surface area contributed by atoms with E-state index in [1.165, 1.54) is 36.0 Å². The molecule has 1 atom stereocenters. The van der Waals surface area contributed by atoms with Crippen LogP contribution in [-0.2, 0) is 18.5 Å². The smallest absolute Gasteiger partial charge is 0.0850 e. The Morgan fingerprint density at radius 3 is 1.88 bits per heavy atom. The molecular weight excluding hydrogens is 456 g/mol. The van der Waals surface area contributed by atoms with Crippen molar-refractivity contribution in [2.45, 2.75) is 50.6 Å². The van der Waals surface area contributed by atoms with Gasteiger partial charge >= 0.3 is 0 Å². The van der Waals surface area contributed by atoms with Crippen LogP contribution in [0.15, 0.2) is 89.4 Å². The lowest BCUT2D eigenvalue weighted by Gasteiger charge is -2.41. The van der Waals surface area contributed by atoms with Gasteiger partial charge in [-0.2, -0.15) is 5.26 Å². The zero-order valence-corrected chi connectivity index (χ0v) is 20.2. The Morgan fingerprint density at radius 1 is 0.844 bits per heavy atom. The lowest BCUT2D eigenvalue weighted by molar-refractivity contribution is 0.181. The molecule has 1 fully saturated rings. The topological polar surface area (TPSA) is 27.0 Å². The first-order valence-electron chi connectivity index (χ1n) is 11.7. The van der Waals surface area contributed by atoms with Gasteiger partial charge in [0.15, 0.2) is 0 Å². The van der Waals surface area contributed by atoms with Gasteiger partial charge in [0.25, 0.3) is 0 Å². The van der Waals surface area contributed by atoms with E-state index < -0.39 is 0 Å². The molecule has 0 radical (unpaired) electrons. The monoisotopic (exact) mass is 486 g/mol. The fourth-order valence-corrected chi connectivity index (χ4v) is 5.19. The summed E-state index contributed by atoms with van der Waals surface area (Å²) in [6, 6.07) is 32.7. The molecule has 3 aromatic rings. The van der Waals surface area contributed by atoms with E-state index in [1.807, 2.05) is 0 Å². The van der Waals surface area contributed by atoms with Crippen LogP contribution in [0.3, 0.4) is 0 Å². The first-order chi connectivity index (χ1) is 15.7. The Morgan fingerprint density at radius 2 is 1.41 bits per heavy atom. The van der Waals surface area contributed by atoms with Gasteiger partial charge in [-0.25, -0.2) is 0 Å². The number of benzene rings is 3. The second-order valence-electron chi connectivity index (χ2n) is 9.00. The van der Waals surface area contributed by atoms with Crippen LogP contribution < -0.4 is 0 Å². The van der Waals surface area contributed by atoms with E-state index in [2.05, 4.69) is 112 Å². The molecule has 0 heterocycles. The summed E-state index contributed by atoms with van der Waals surface area (Å²) in [6.07, 6.45) is 5.51. The van der Waals surface area contributed by atoms with Gasteiger partial charge in [-0.05, 0) is 67.0 Å². The highest BCUT2D eigenvalue weighted by molar-refractivity contribution is 9.10. The molecule has 3 aromatic carbocycles. The van der Waals surface area contributed by atoms with E-state index in [0.29, 0.717) is 5.92 Å². The summed E-state index contributed by atoms with van der Waals surface area (Å²) in [7, 11) is 0. The van der Waals surface area contributed by atoms with Crippen LogP contribution in [0.5, 0.6) is 0 Å². The second-order valence-corrected chi connectivity index (χ2v) is 9.92. The third-order valence-corrected chi connectivity index (χ3v) is 7.43. The van der Waals surface area contributed by atoms with Crippen LogP contribution in [0.1, 0.15) is 48.8 Å². The number of nitriles is 1. The van der Waals surface area contributed by atoms with Crippen LogP contribution >= 0.6 is 15.9 Å². The van der Waals surface area contributed by atoms with Crippen molar-refractivity contribution in [1.29, 1.82) is 5.26 Å². The summed E-state index contributed by atoms with van der Waals surface area (Å²) in [4.78, 5) is 2.52. The third kappa shape index (κ3) is 5.49. The fraction of sp³-hybridized carbons (Fsp3) is 0.345. The number of rotatable bonds is 10. The maximum Gasteiger partial charge on any atom is 0.0850 e. The Kier molecular flexibility index (Phi) is 7.79. The molecule has 1 aliphatic carbocycles. The van der Waals surface area contributed by atoms with E-state index in [9.17, 15) is 5.26 Å². The molecule has 32 heavy (non-hydrogen) atoms. The summed E-state index contributed by atoms with van der Waals surface area (Å²) < 4.78 is 1.07. The largest absolute Gasteiger partial charge is 0.295 e. The van der Waals surface area contributed by atoms with E-state index in [1.54, 1.807) is 0 Å². The van der Waals surface area contributed by atoms with E-state index >= 15 is 0 Å². The van der Waals surface area contributed by atoms with Crippen LogP contribution in [0.2, 0.25) is 0 Å². The van der Waals surface area contributed by atoms with Gasteiger partial charge in [-0.1, -0.05) is 95.1 Å². The number of halogens is 1. The number of nitrogens with zero attached hydrogens (tertiary/aromatic N) is 2. The van der Waals surface area contributed by atoms with E-state index in [0.717, 1.165) is 36.9 Å². The summed E-state index contributed by atoms with van der Waals surface area (Å²) in [6.45, 7) is 2.84. The molecule has 0 aromatic heterocycles. The summed E-state index contributed by atoms with van der Waals surface area (Å²) in [5.41, 5.74) is 3.48. The summed E-state index contributed by atoms with van der Waals surface area (Å²) >= 11 is 3.55. The molecule has 1 saturated carbocycles. The van der Waals surface area contributed by atoms with Crippen molar-refractivity contribution in [2.24, 2.45) is 5.92 Å². The molecule has 0 amide bonds. The average molecular weight is 487 g/mol. The summed E-state index contributed by atoms with van der Waals surface area (Å²) in [5.74, 6) is 0.477. The molecule has 4 rings (SSSR count).